The van der Waals surface area contributed by atoms with Gasteiger partial charge >= 0.3 is 0 Å². The average molecular weight is 241 g/mol. The number of anilines is 1. The van der Waals surface area contributed by atoms with Gasteiger partial charge in [0.15, 0.2) is 6.23 Å². The Morgan fingerprint density at radius 2 is 1.71 bits per heavy atom. The van der Waals surface area contributed by atoms with Crippen molar-refractivity contribution < 1.29 is 25.2 Å². The van der Waals surface area contributed by atoms with Gasteiger partial charge in [-0.05, 0) is 24.3 Å². The maximum absolute atomic E-state index is 9.68. The highest BCUT2D eigenvalue weighted by Gasteiger charge is 2.37. The Morgan fingerprint density at radius 3 is 2.35 bits per heavy atom. The van der Waals surface area contributed by atoms with Crippen LogP contribution in [-0.2, 0) is 4.74 Å². The van der Waals surface area contributed by atoms with Crippen molar-refractivity contribution in [2.45, 2.75) is 24.5 Å². The molecule has 4 atom stereocenters. The third-order valence-electron chi connectivity index (χ3n) is 2.68. The minimum absolute atomic E-state index is 0.0476. The number of rotatable bonds is 2. The molecule has 0 aromatic heterocycles. The van der Waals surface area contributed by atoms with Gasteiger partial charge in [-0.1, -0.05) is 0 Å². The van der Waals surface area contributed by atoms with Crippen molar-refractivity contribution in [2.75, 3.05) is 11.9 Å². The fourth-order valence-electron chi connectivity index (χ4n) is 1.66. The molecule has 94 valence electrons. The van der Waals surface area contributed by atoms with Crippen molar-refractivity contribution in [3.8, 4) is 5.75 Å². The molecule has 0 amide bonds. The summed E-state index contributed by atoms with van der Waals surface area (Å²) >= 11 is 0. The second-order valence-corrected chi connectivity index (χ2v) is 3.99. The van der Waals surface area contributed by atoms with Crippen LogP contribution >= 0.6 is 0 Å². The Balaban J connectivity index is 2.01. The maximum Gasteiger partial charge on any atom is 0.156 e. The highest BCUT2D eigenvalue weighted by Crippen LogP contribution is 2.20. The minimum atomic E-state index is -1.24. The molecule has 0 radical (unpaired) electrons. The van der Waals surface area contributed by atoms with E-state index >= 15 is 0 Å². The van der Waals surface area contributed by atoms with Crippen LogP contribution in [0.2, 0.25) is 0 Å². The second-order valence-electron chi connectivity index (χ2n) is 3.99. The van der Waals surface area contributed by atoms with Crippen LogP contribution in [0.4, 0.5) is 5.69 Å². The van der Waals surface area contributed by atoms with Crippen LogP contribution in [0.5, 0.6) is 5.75 Å². The molecule has 1 fully saturated rings. The van der Waals surface area contributed by atoms with Gasteiger partial charge in [0.25, 0.3) is 0 Å². The van der Waals surface area contributed by atoms with E-state index in [1.165, 1.54) is 12.1 Å². The molecule has 2 rings (SSSR count). The van der Waals surface area contributed by atoms with Gasteiger partial charge in [0, 0.05) is 5.69 Å². The number of ether oxygens (including phenoxy) is 1. The standard InChI is InChI=1S/C11H15NO5/c13-7-3-1-6(2-4-7)12-11-10(16)9(15)8(14)5-17-11/h1-4,8-16H,5H2/t8-,9+,10-,11-/m0/s1. The van der Waals surface area contributed by atoms with Gasteiger partial charge in [-0.15, -0.1) is 0 Å². The summed E-state index contributed by atoms with van der Waals surface area (Å²) in [5.41, 5.74) is 0.635. The van der Waals surface area contributed by atoms with Gasteiger partial charge in [-0.2, -0.15) is 0 Å². The average Bonchev–Trinajstić information content (AvgIpc) is 2.33. The van der Waals surface area contributed by atoms with Gasteiger partial charge in [0.05, 0.1) is 6.61 Å². The molecule has 6 heteroatoms. The first-order chi connectivity index (χ1) is 8.08. The molecular formula is C11H15NO5. The lowest BCUT2D eigenvalue weighted by Gasteiger charge is -2.35. The monoisotopic (exact) mass is 241 g/mol. The van der Waals surface area contributed by atoms with Crippen molar-refractivity contribution in [1.82, 2.24) is 0 Å². The Labute approximate surface area is 98.1 Å². The molecule has 1 aromatic rings. The van der Waals surface area contributed by atoms with E-state index in [4.69, 9.17) is 9.84 Å². The van der Waals surface area contributed by atoms with Crippen molar-refractivity contribution in [2.24, 2.45) is 0 Å². The summed E-state index contributed by atoms with van der Waals surface area (Å²) in [6.45, 7) is -0.0476. The number of hydrogen-bond donors (Lipinski definition) is 5. The molecule has 5 N–H and O–H groups in total. The van der Waals surface area contributed by atoms with Gasteiger partial charge < -0.3 is 30.5 Å². The summed E-state index contributed by atoms with van der Waals surface area (Å²) in [7, 11) is 0. The number of phenols is 1. The molecule has 1 aromatic carbocycles. The maximum atomic E-state index is 9.68. The van der Waals surface area contributed by atoms with E-state index in [-0.39, 0.29) is 12.4 Å². The van der Waals surface area contributed by atoms with Gasteiger partial charge in [-0.25, -0.2) is 0 Å². The van der Waals surface area contributed by atoms with Crippen molar-refractivity contribution in [3.05, 3.63) is 24.3 Å². The fourth-order valence-corrected chi connectivity index (χ4v) is 1.66. The van der Waals surface area contributed by atoms with E-state index in [0.717, 1.165) is 0 Å². The van der Waals surface area contributed by atoms with Crippen molar-refractivity contribution in [1.29, 1.82) is 0 Å². The van der Waals surface area contributed by atoms with E-state index in [1.54, 1.807) is 12.1 Å². The van der Waals surface area contributed by atoms with Gasteiger partial charge in [0.1, 0.15) is 24.1 Å². The number of nitrogens with one attached hydrogen (secondary N) is 1. The predicted octanol–water partition coefficient (Wildman–Crippen LogP) is -0.757. The van der Waals surface area contributed by atoms with Crippen LogP contribution in [0.25, 0.3) is 0 Å². The third kappa shape index (κ3) is 2.67. The molecule has 1 aliphatic heterocycles. The lowest BCUT2D eigenvalue weighted by Crippen LogP contribution is -2.55. The van der Waals surface area contributed by atoms with Crippen LogP contribution in [0.3, 0.4) is 0 Å². The molecule has 1 saturated heterocycles. The van der Waals surface area contributed by atoms with Gasteiger partial charge in [0.2, 0.25) is 0 Å². The largest absolute Gasteiger partial charge is 0.508 e. The zero-order valence-corrected chi connectivity index (χ0v) is 9.02. The van der Waals surface area contributed by atoms with Crippen LogP contribution in [-0.4, -0.2) is 51.6 Å². The summed E-state index contributed by atoms with van der Waals surface area (Å²) in [6, 6.07) is 6.21. The van der Waals surface area contributed by atoms with Crippen LogP contribution in [0.15, 0.2) is 24.3 Å². The molecule has 6 nitrogen and oxygen atoms in total. The van der Waals surface area contributed by atoms with Crippen molar-refractivity contribution >= 4 is 5.69 Å². The summed E-state index contributed by atoms with van der Waals surface area (Å²) in [5.74, 6) is 0.135. The third-order valence-corrected chi connectivity index (χ3v) is 2.68. The molecule has 0 bridgehead atoms. The molecular weight excluding hydrogens is 226 g/mol. The van der Waals surface area contributed by atoms with Crippen LogP contribution in [0, 0.1) is 0 Å². The Bertz CT molecular complexity index is 369. The number of aliphatic hydroxyl groups is 3. The topological polar surface area (TPSA) is 102 Å². The first kappa shape index (κ1) is 12.1. The number of benzene rings is 1. The lowest BCUT2D eigenvalue weighted by atomic mass is 10.0. The highest BCUT2D eigenvalue weighted by atomic mass is 16.5. The molecule has 0 unspecified atom stereocenters. The molecule has 0 saturated carbocycles. The second kappa shape index (κ2) is 4.89. The summed E-state index contributed by atoms with van der Waals surface area (Å²) in [4.78, 5) is 0. The smallest absolute Gasteiger partial charge is 0.156 e. The Kier molecular flexibility index (Phi) is 3.49. The SMILES string of the molecule is Oc1ccc(N[C@H]2OC[C@H](O)[C@@H](O)[C@@H]2O)cc1. The lowest BCUT2D eigenvalue weighted by molar-refractivity contribution is -0.178. The quantitative estimate of drug-likeness (QED) is 0.436. The first-order valence-corrected chi connectivity index (χ1v) is 5.29. The highest BCUT2D eigenvalue weighted by molar-refractivity contribution is 5.46. The summed E-state index contributed by atoms with van der Waals surface area (Å²) in [6.07, 6.45) is -4.33. The van der Waals surface area contributed by atoms with Crippen LogP contribution < -0.4 is 5.32 Å². The fraction of sp³-hybridized carbons (Fsp3) is 0.455. The molecule has 1 heterocycles. The normalized spacial score (nSPS) is 33.4. The van der Waals surface area contributed by atoms with Gasteiger partial charge in [-0.3, -0.25) is 0 Å². The zero-order valence-electron chi connectivity index (χ0n) is 9.02. The molecule has 0 spiro atoms. The Morgan fingerprint density at radius 1 is 1.06 bits per heavy atom. The first-order valence-electron chi connectivity index (χ1n) is 5.29. The molecule has 0 aliphatic carbocycles. The summed E-state index contributed by atoms with van der Waals surface area (Å²) < 4.78 is 5.17. The van der Waals surface area contributed by atoms with E-state index in [0.29, 0.717) is 5.69 Å². The molecule has 17 heavy (non-hydrogen) atoms. The number of phenolic OH excluding ortho intramolecular Hbond substituents is 1. The van der Waals surface area contributed by atoms with E-state index in [1.807, 2.05) is 0 Å². The summed E-state index contributed by atoms with van der Waals surface area (Å²) in [5, 5.41) is 40.4. The predicted molar refractivity (Wildman–Crippen MR) is 59.5 cm³/mol. The number of hydrogen-bond acceptors (Lipinski definition) is 6. The Hall–Kier alpha value is -1.34. The van der Waals surface area contributed by atoms with E-state index < -0.39 is 24.5 Å². The number of aromatic hydroxyl groups is 1. The van der Waals surface area contributed by atoms with Crippen LogP contribution in [0.1, 0.15) is 0 Å². The molecule has 1 aliphatic rings. The van der Waals surface area contributed by atoms with Crippen molar-refractivity contribution in [3.63, 3.8) is 0 Å². The zero-order chi connectivity index (χ0) is 12.4. The minimum Gasteiger partial charge on any atom is -0.508 e. The number of aliphatic hydroxyl groups excluding tert-OH is 3. The van der Waals surface area contributed by atoms with E-state index in [9.17, 15) is 15.3 Å². The van der Waals surface area contributed by atoms with E-state index in [2.05, 4.69) is 5.32 Å².